The molecule has 0 saturated heterocycles. The van der Waals surface area contributed by atoms with Crippen molar-refractivity contribution in [2.24, 2.45) is 0 Å². The zero-order valence-corrected chi connectivity index (χ0v) is 17.7. The normalized spacial score (nSPS) is 11.1. The molecule has 6 heteroatoms. The Morgan fingerprint density at radius 2 is 2.14 bits per heavy atom. The van der Waals surface area contributed by atoms with Crippen LogP contribution in [0.25, 0.3) is 10.9 Å². The molecule has 0 saturated carbocycles. The highest BCUT2D eigenvalue weighted by molar-refractivity contribution is 7.98. The maximum Gasteiger partial charge on any atom is 0.146 e. The summed E-state index contributed by atoms with van der Waals surface area (Å²) in [5.74, 6) is 0.715. The molecule has 2 aromatic heterocycles. The van der Waals surface area contributed by atoms with Gasteiger partial charge in [-0.05, 0) is 32.2 Å². The minimum atomic E-state index is 0.349. The monoisotopic (exact) mass is 411 g/mol. The summed E-state index contributed by atoms with van der Waals surface area (Å²) in [6.45, 7) is 8.22. The molecule has 0 atom stereocenters. The van der Waals surface area contributed by atoms with Crippen LogP contribution in [0, 0.1) is 6.92 Å². The van der Waals surface area contributed by atoms with Crippen molar-refractivity contribution < 1.29 is 4.74 Å². The number of hydrogen-bond acceptors (Lipinski definition) is 5. The van der Waals surface area contributed by atoms with Crippen molar-refractivity contribution in [3.05, 3.63) is 78.0 Å². The summed E-state index contributed by atoms with van der Waals surface area (Å²) in [7, 11) is 0. The third-order valence-corrected chi connectivity index (χ3v) is 5.37. The zero-order chi connectivity index (χ0) is 20.1. The van der Waals surface area contributed by atoms with E-state index in [-0.39, 0.29) is 0 Å². The van der Waals surface area contributed by atoms with Crippen molar-refractivity contribution in [1.29, 1.82) is 0 Å². The molecule has 0 amide bonds. The molecule has 3 rings (SSSR count). The van der Waals surface area contributed by atoms with Crippen molar-refractivity contribution in [2.45, 2.75) is 25.3 Å². The third-order valence-electron chi connectivity index (χ3n) is 4.25. The molecule has 0 N–H and O–H groups in total. The number of aryl methyl sites for hydroxylation is 1. The van der Waals surface area contributed by atoms with Gasteiger partial charge in [0.25, 0.3) is 0 Å². The molecule has 0 radical (unpaired) electrons. The molecule has 0 unspecified atom stereocenters. The molecular formula is C22H22ClN3OS. The Kier molecular flexibility index (Phi) is 6.60. The minimum Gasteiger partial charge on any atom is -0.487 e. The molecule has 0 fully saturated rings. The van der Waals surface area contributed by atoms with Gasteiger partial charge in [0.1, 0.15) is 17.9 Å². The van der Waals surface area contributed by atoms with E-state index in [1.807, 2.05) is 61.5 Å². The van der Waals surface area contributed by atoms with Gasteiger partial charge in [-0.2, -0.15) is 0 Å². The maximum absolute atomic E-state index is 6.34. The number of hydrogen-bond donors (Lipinski definition) is 0. The topological polar surface area (TPSA) is 38.2 Å². The van der Waals surface area contributed by atoms with E-state index in [9.17, 15) is 0 Å². The zero-order valence-electron chi connectivity index (χ0n) is 16.1. The lowest BCUT2D eigenvalue weighted by molar-refractivity contribution is 0.306. The van der Waals surface area contributed by atoms with Gasteiger partial charge >= 0.3 is 0 Å². The molecule has 0 aliphatic carbocycles. The summed E-state index contributed by atoms with van der Waals surface area (Å²) in [6, 6.07) is 7.98. The molecule has 0 bridgehead atoms. The SMILES string of the molecule is C=CN(/C=C\C)c1cc(C)nc2c(OCc3c(Cl)cncc3SC)cccc12. The summed E-state index contributed by atoms with van der Waals surface area (Å²) < 4.78 is 6.16. The van der Waals surface area contributed by atoms with E-state index >= 15 is 0 Å². The van der Waals surface area contributed by atoms with Crippen molar-refractivity contribution in [1.82, 2.24) is 9.97 Å². The van der Waals surface area contributed by atoms with Crippen LogP contribution in [0.2, 0.25) is 5.02 Å². The average Bonchev–Trinajstić information content (AvgIpc) is 2.70. The number of halogens is 1. The highest BCUT2D eigenvalue weighted by Crippen LogP contribution is 2.34. The van der Waals surface area contributed by atoms with E-state index < -0.39 is 0 Å². The maximum atomic E-state index is 6.34. The number of pyridine rings is 2. The molecule has 3 aromatic rings. The molecule has 0 aliphatic rings. The van der Waals surface area contributed by atoms with Gasteiger partial charge in [0, 0.05) is 46.3 Å². The van der Waals surface area contributed by atoms with Gasteiger partial charge in [0.2, 0.25) is 0 Å². The Morgan fingerprint density at radius 3 is 2.86 bits per heavy atom. The lowest BCUT2D eigenvalue weighted by Gasteiger charge is -2.19. The molecule has 28 heavy (non-hydrogen) atoms. The standard InChI is InChI=1S/C22H22ClN3OS/c1-5-10-26(6-2)19-11-15(3)25-22-16(19)8-7-9-20(22)27-14-17-18(23)12-24-13-21(17)28-4/h5-13H,2,14H2,1,3-4H3/b10-5-. The van der Waals surface area contributed by atoms with E-state index in [4.69, 9.17) is 21.3 Å². The van der Waals surface area contributed by atoms with Crippen LogP contribution in [0.3, 0.4) is 0 Å². The lowest BCUT2D eigenvalue weighted by atomic mass is 10.1. The van der Waals surface area contributed by atoms with Gasteiger partial charge in [-0.15, -0.1) is 11.8 Å². The summed E-state index contributed by atoms with van der Waals surface area (Å²) in [5, 5.41) is 1.59. The second-order valence-electron chi connectivity index (χ2n) is 6.10. The number of nitrogens with zero attached hydrogens (tertiary/aromatic N) is 3. The molecule has 0 spiro atoms. The van der Waals surface area contributed by atoms with E-state index in [2.05, 4.69) is 11.6 Å². The molecule has 1 aromatic carbocycles. The largest absolute Gasteiger partial charge is 0.487 e. The van der Waals surface area contributed by atoms with Crippen LogP contribution in [-0.4, -0.2) is 16.2 Å². The van der Waals surface area contributed by atoms with Crippen LogP contribution in [0.5, 0.6) is 5.75 Å². The van der Waals surface area contributed by atoms with Crippen molar-refractivity contribution in [3.63, 3.8) is 0 Å². The van der Waals surface area contributed by atoms with Gasteiger partial charge in [0.05, 0.1) is 10.7 Å². The van der Waals surface area contributed by atoms with Gasteiger partial charge in [-0.1, -0.05) is 36.4 Å². The van der Waals surface area contributed by atoms with E-state index in [0.717, 1.165) is 32.7 Å². The number of aromatic nitrogens is 2. The molecule has 0 aliphatic heterocycles. The number of para-hydroxylation sites is 1. The number of rotatable bonds is 7. The number of fused-ring (bicyclic) bond motifs is 1. The molecule has 4 nitrogen and oxygen atoms in total. The van der Waals surface area contributed by atoms with Gasteiger partial charge < -0.3 is 9.64 Å². The fourth-order valence-corrected chi connectivity index (χ4v) is 3.82. The van der Waals surface area contributed by atoms with Crippen LogP contribution in [0.4, 0.5) is 5.69 Å². The summed E-state index contributed by atoms with van der Waals surface area (Å²) in [6.07, 6.45) is 11.2. The number of allylic oxidation sites excluding steroid dienone is 1. The summed E-state index contributed by atoms with van der Waals surface area (Å²) >= 11 is 7.94. The van der Waals surface area contributed by atoms with Gasteiger partial charge in [-0.25, -0.2) is 4.98 Å². The Bertz CT molecular complexity index is 1040. The fraction of sp³-hybridized carbons (Fsp3) is 0.182. The van der Waals surface area contributed by atoms with Crippen LogP contribution in [-0.2, 0) is 6.61 Å². The second-order valence-corrected chi connectivity index (χ2v) is 7.35. The van der Waals surface area contributed by atoms with Crippen molar-refractivity contribution in [3.8, 4) is 5.75 Å². The number of benzene rings is 1. The fourth-order valence-electron chi connectivity index (χ4n) is 2.97. The first-order chi connectivity index (χ1) is 13.6. The molecule has 144 valence electrons. The van der Waals surface area contributed by atoms with E-state index in [1.54, 1.807) is 30.4 Å². The van der Waals surface area contributed by atoms with Crippen molar-refractivity contribution >= 4 is 40.0 Å². The van der Waals surface area contributed by atoms with Crippen LogP contribution < -0.4 is 9.64 Å². The van der Waals surface area contributed by atoms with Gasteiger partial charge in [0.15, 0.2) is 0 Å². The Hall–Kier alpha value is -2.50. The molecular weight excluding hydrogens is 390 g/mol. The first-order valence-corrected chi connectivity index (χ1v) is 10.4. The predicted octanol–water partition coefficient (Wildman–Crippen LogP) is 6.38. The van der Waals surface area contributed by atoms with E-state index in [0.29, 0.717) is 17.4 Å². The van der Waals surface area contributed by atoms with E-state index in [1.165, 1.54) is 0 Å². The van der Waals surface area contributed by atoms with Crippen LogP contribution >= 0.6 is 23.4 Å². The third kappa shape index (κ3) is 4.16. The summed E-state index contributed by atoms with van der Waals surface area (Å²) in [5.41, 5.74) is 3.65. The van der Waals surface area contributed by atoms with Gasteiger partial charge in [-0.3, -0.25) is 4.98 Å². The first kappa shape index (κ1) is 20.2. The Labute approximate surface area is 174 Å². The first-order valence-electron chi connectivity index (χ1n) is 8.82. The molecule has 2 heterocycles. The quantitative estimate of drug-likeness (QED) is 0.422. The second kappa shape index (κ2) is 9.13. The predicted molar refractivity (Wildman–Crippen MR) is 119 cm³/mol. The average molecular weight is 412 g/mol. The van der Waals surface area contributed by atoms with Crippen LogP contribution in [0.1, 0.15) is 18.2 Å². The summed E-state index contributed by atoms with van der Waals surface area (Å²) in [4.78, 5) is 11.9. The number of ether oxygens (including phenoxy) is 1. The Morgan fingerprint density at radius 1 is 1.32 bits per heavy atom. The Balaban J connectivity index is 2.04. The van der Waals surface area contributed by atoms with Crippen LogP contribution in [0.15, 0.2) is 66.6 Å². The minimum absolute atomic E-state index is 0.349. The number of anilines is 1. The number of thioether (sulfide) groups is 1. The van der Waals surface area contributed by atoms with Crippen molar-refractivity contribution in [2.75, 3.05) is 11.2 Å². The highest BCUT2D eigenvalue weighted by atomic mass is 35.5. The lowest BCUT2D eigenvalue weighted by Crippen LogP contribution is -2.08. The highest BCUT2D eigenvalue weighted by Gasteiger charge is 2.14. The smallest absolute Gasteiger partial charge is 0.146 e.